The lowest BCUT2D eigenvalue weighted by atomic mass is 9.79. The summed E-state index contributed by atoms with van der Waals surface area (Å²) in [4.78, 5) is 26.8. The van der Waals surface area contributed by atoms with Gasteiger partial charge in [0, 0.05) is 26.3 Å². The molecule has 142 valence electrons. The summed E-state index contributed by atoms with van der Waals surface area (Å²) in [6.45, 7) is 2.29. The highest BCUT2D eigenvalue weighted by Gasteiger charge is 2.43. The predicted octanol–water partition coefficient (Wildman–Crippen LogP) is 1.65. The fourth-order valence-electron chi connectivity index (χ4n) is 4.04. The van der Waals surface area contributed by atoms with Crippen LogP contribution in [0.5, 0.6) is 0 Å². The molecule has 6 nitrogen and oxygen atoms in total. The van der Waals surface area contributed by atoms with E-state index >= 15 is 0 Å². The number of carbonyl (C=O) groups is 2. The fourth-order valence-corrected chi connectivity index (χ4v) is 4.04. The largest absolute Gasteiger partial charge is 0.465 e. The number of nitrogens with zero attached hydrogens (tertiary/aromatic N) is 1. The summed E-state index contributed by atoms with van der Waals surface area (Å²) >= 11 is 0. The topological polar surface area (TPSA) is 76.1 Å². The third-order valence-electron chi connectivity index (χ3n) is 5.71. The monoisotopic (exact) mass is 361 g/mol. The number of amides is 1. The normalized spacial score (nSPS) is 22.2. The van der Waals surface area contributed by atoms with Crippen LogP contribution in [0.4, 0.5) is 0 Å². The van der Waals surface area contributed by atoms with Crippen LogP contribution in [0.1, 0.15) is 35.2 Å². The van der Waals surface area contributed by atoms with Crippen LogP contribution in [0.25, 0.3) is 0 Å². The average molecular weight is 361 g/mol. The smallest absolute Gasteiger partial charge is 0.338 e. The van der Waals surface area contributed by atoms with Gasteiger partial charge in [-0.2, -0.15) is 0 Å². The number of hydrogen-bond donors (Lipinski definition) is 1. The van der Waals surface area contributed by atoms with Crippen molar-refractivity contribution in [2.24, 2.45) is 11.3 Å². The van der Waals surface area contributed by atoms with Crippen molar-refractivity contribution in [1.82, 2.24) is 4.90 Å². The molecule has 0 radical (unpaired) electrons. The van der Waals surface area contributed by atoms with Gasteiger partial charge in [-0.25, -0.2) is 4.79 Å². The first-order chi connectivity index (χ1) is 12.6. The zero-order chi connectivity index (χ0) is 18.6. The molecule has 0 aromatic heterocycles. The van der Waals surface area contributed by atoms with Crippen LogP contribution in [0.3, 0.4) is 0 Å². The molecule has 0 bridgehead atoms. The molecule has 2 aliphatic heterocycles. The van der Waals surface area contributed by atoms with E-state index < -0.39 is 5.41 Å². The van der Waals surface area contributed by atoms with Crippen molar-refractivity contribution in [3.05, 3.63) is 35.4 Å². The Morgan fingerprint density at radius 1 is 1.31 bits per heavy atom. The van der Waals surface area contributed by atoms with Gasteiger partial charge in [0.15, 0.2) is 0 Å². The Morgan fingerprint density at radius 3 is 2.73 bits per heavy atom. The first-order valence-electron chi connectivity index (χ1n) is 9.24. The quantitative estimate of drug-likeness (QED) is 0.807. The second kappa shape index (κ2) is 8.18. The summed E-state index contributed by atoms with van der Waals surface area (Å²) in [6, 6.07) is 7.48. The van der Waals surface area contributed by atoms with Gasteiger partial charge < -0.3 is 19.5 Å². The maximum atomic E-state index is 13.0. The first-order valence-corrected chi connectivity index (χ1v) is 9.24. The highest BCUT2D eigenvalue weighted by molar-refractivity contribution is 5.91. The zero-order valence-electron chi connectivity index (χ0n) is 15.3. The van der Waals surface area contributed by atoms with E-state index in [1.165, 1.54) is 7.11 Å². The van der Waals surface area contributed by atoms with Crippen LogP contribution in [-0.2, 0) is 20.7 Å². The third kappa shape index (κ3) is 3.76. The number of methoxy groups -OCH3 is 1. The van der Waals surface area contributed by atoms with E-state index in [4.69, 9.17) is 9.47 Å². The van der Waals surface area contributed by atoms with Crippen molar-refractivity contribution in [3.63, 3.8) is 0 Å². The molecule has 6 heteroatoms. The lowest BCUT2D eigenvalue weighted by molar-refractivity contribution is -0.150. The van der Waals surface area contributed by atoms with E-state index in [0.717, 1.165) is 18.4 Å². The van der Waals surface area contributed by atoms with Gasteiger partial charge in [-0.3, -0.25) is 4.79 Å². The average Bonchev–Trinajstić information content (AvgIpc) is 3.16. The second-order valence-electron chi connectivity index (χ2n) is 7.31. The van der Waals surface area contributed by atoms with Gasteiger partial charge in [0.05, 0.1) is 24.7 Å². The highest BCUT2D eigenvalue weighted by atomic mass is 16.5. The van der Waals surface area contributed by atoms with Crippen molar-refractivity contribution in [1.29, 1.82) is 0 Å². The van der Waals surface area contributed by atoms with Gasteiger partial charge in [-0.15, -0.1) is 0 Å². The number of esters is 1. The third-order valence-corrected chi connectivity index (χ3v) is 5.71. The minimum absolute atomic E-state index is 0.0482. The Kier molecular flexibility index (Phi) is 5.94. The number of carbonyl (C=O) groups excluding carboxylic acids is 2. The number of hydrogen-bond acceptors (Lipinski definition) is 5. The number of likely N-dealkylation sites (tertiary alicyclic amines) is 1. The molecule has 1 N–H and O–H groups in total. The molecule has 0 saturated carbocycles. The van der Waals surface area contributed by atoms with Gasteiger partial charge >= 0.3 is 5.97 Å². The first kappa shape index (κ1) is 18.9. The molecule has 1 atom stereocenters. The SMILES string of the molecule is COC(=O)c1ccccc1CC1CCN(C(=O)C2(CO)CCOCC2)C1. The lowest BCUT2D eigenvalue weighted by Crippen LogP contribution is -2.48. The van der Waals surface area contributed by atoms with E-state index in [1.807, 2.05) is 23.1 Å². The Balaban J connectivity index is 1.66. The summed E-state index contributed by atoms with van der Waals surface area (Å²) in [5.41, 5.74) is 0.870. The lowest BCUT2D eigenvalue weighted by Gasteiger charge is -2.37. The Hall–Kier alpha value is -1.92. The van der Waals surface area contributed by atoms with Gasteiger partial charge in [0.1, 0.15) is 0 Å². The van der Waals surface area contributed by atoms with Crippen LogP contribution in [0.15, 0.2) is 24.3 Å². The van der Waals surface area contributed by atoms with Gasteiger partial charge in [0.2, 0.25) is 5.91 Å². The predicted molar refractivity (Wildman–Crippen MR) is 95.7 cm³/mol. The van der Waals surface area contributed by atoms with E-state index in [-0.39, 0.29) is 18.5 Å². The standard InChI is InChI=1S/C20H27NO5/c1-25-18(23)17-5-3-2-4-16(17)12-15-6-9-21(13-15)19(24)20(14-22)7-10-26-11-8-20/h2-5,15,22H,6-14H2,1H3. The van der Waals surface area contributed by atoms with Crippen LogP contribution in [-0.4, -0.2) is 61.9 Å². The number of ether oxygens (including phenoxy) is 2. The van der Waals surface area contributed by atoms with E-state index in [1.54, 1.807) is 6.07 Å². The maximum Gasteiger partial charge on any atom is 0.338 e. The molecule has 3 rings (SSSR count). The highest BCUT2D eigenvalue weighted by Crippen LogP contribution is 2.34. The molecule has 0 aliphatic carbocycles. The second-order valence-corrected chi connectivity index (χ2v) is 7.31. The molecule has 1 amide bonds. The summed E-state index contributed by atoms with van der Waals surface area (Å²) in [6.07, 6.45) is 2.80. The van der Waals surface area contributed by atoms with Gasteiger partial charge in [-0.1, -0.05) is 18.2 Å². The molecular formula is C20H27NO5. The molecular weight excluding hydrogens is 334 g/mol. The molecule has 2 fully saturated rings. The molecule has 26 heavy (non-hydrogen) atoms. The molecule has 0 spiro atoms. The van der Waals surface area contributed by atoms with Crippen molar-refractivity contribution >= 4 is 11.9 Å². The Morgan fingerprint density at radius 2 is 2.04 bits per heavy atom. The fraction of sp³-hybridized carbons (Fsp3) is 0.600. The summed E-state index contributed by atoms with van der Waals surface area (Å²) in [5, 5.41) is 9.84. The van der Waals surface area contributed by atoms with Crippen LogP contribution in [0, 0.1) is 11.3 Å². The molecule has 2 aliphatic rings. The summed E-state index contributed by atoms with van der Waals surface area (Å²) in [7, 11) is 1.39. The van der Waals surface area contributed by atoms with Crippen LogP contribution < -0.4 is 0 Å². The van der Waals surface area contributed by atoms with Crippen molar-refractivity contribution < 1.29 is 24.2 Å². The maximum absolute atomic E-state index is 13.0. The number of rotatable bonds is 5. The van der Waals surface area contributed by atoms with Gasteiger partial charge in [0.25, 0.3) is 0 Å². The zero-order valence-corrected chi connectivity index (χ0v) is 15.3. The molecule has 1 unspecified atom stereocenters. The van der Waals surface area contributed by atoms with Crippen molar-refractivity contribution in [2.75, 3.05) is 40.0 Å². The Labute approximate surface area is 154 Å². The van der Waals surface area contributed by atoms with Crippen molar-refractivity contribution in [3.8, 4) is 0 Å². The summed E-state index contributed by atoms with van der Waals surface area (Å²) in [5.74, 6) is 0.0281. The minimum atomic E-state index is -0.683. The molecule has 2 heterocycles. The van der Waals surface area contributed by atoms with E-state index in [9.17, 15) is 14.7 Å². The number of aliphatic hydroxyl groups excluding tert-OH is 1. The molecule has 1 aromatic rings. The van der Waals surface area contributed by atoms with Crippen molar-refractivity contribution in [2.45, 2.75) is 25.7 Å². The number of aliphatic hydroxyl groups is 1. The minimum Gasteiger partial charge on any atom is -0.465 e. The van der Waals surface area contributed by atoms with E-state index in [2.05, 4.69) is 0 Å². The molecule has 1 aromatic carbocycles. The Bertz CT molecular complexity index is 653. The van der Waals surface area contributed by atoms with E-state index in [0.29, 0.717) is 50.6 Å². The molecule has 2 saturated heterocycles. The van der Waals surface area contributed by atoms with Crippen LogP contribution in [0.2, 0.25) is 0 Å². The summed E-state index contributed by atoms with van der Waals surface area (Å²) < 4.78 is 10.2. The van der Waals surface area contributed by atoms with Gasteiger partial charge in [-0.05, 0) is 43.2 Å². The van der Waals surface area contributed by atoms with Crippen LogP contribution >= 0.6 is 0 Å². The number of benzene rings is 1.